The first kappa shape index (κ1) is 12.0. The Morgan fingerprint density at radius 3 is 2.79 bits per heavy atom. The fourth-order valence-corrected chi connectivity index (χ4v) is 2.84. The summed E-state index contributed by atoms with van der Waals surface area (Å²) in [4.78, 5) is 0. The minimum Gasteiger partial charge on any atom is -0.384 e. The van der Waals surface area contributed by atoms with Crippen LogP contribution in [0.3, 0.4) is 0 Å². The van der Waals surface area contributed by atoms with Gasteiger partial charge in [0, 0.05) is 7.11 Å². The van der Waals surface area contributed by atoms with E-state index >= 15 is 0 Å². The van der Waals surface area contributed by atoms with Gasteiger partial charge in [-0.1, -0.05) is 20.3 Å². The van der Waals surface area contributed by atoms with Crippen LogP contribution in [0, 0.1) is 11.3 Å². The zero-order valence-electron chi connectivity index (χ0n) is 9.94. The zero-order chi connectivity index (χ0) is 10.4. The first-order valence-corrected chi connectivity index (χ1v) is 5.98. The third kappa shape index (κ3) is 2.48. The topological polar surface area (TPSA) is 21.3 Å². The molecule has 0 aliphatic carbocycles. The lowest BCUT2D eigenvalue weighted by molar-refractivity contribution is 0.00157. The molecule has 14 heavy (non-hydrogen) atoms. The van der Waals surface area contributed by atoms with Gasteiger partial charge in [-0.05, 0) is 43.7 Å². The van der Waals surface area contributed by atoms with Crippen LogP contribution >= 0.6 is 0 Å². The Hall–Kier alpha value is -0.0800. The number of rotatable bonds is 5. The van der Waals surface area contributed by atoms with Crippen LogP contribution in [0.2, 0.25) is 0 Å². The number of hydrogen-bond acceptors (Lipinski definition) is 2. The molecule has 2 nitrogen and oxygen atoms in total. The van der Waals surface area contributed by atoms with Crippen molar-refractivity contribution < 1.29 is 4.74 Å². The Morgan fingerprint density at radius 2 is 2.21 bits per heavy atom. The zero-order valence-corrected chi connectivity index (χ0v) is 9.94. The highest BCUT2D eigenvalue weighted by Gasteiger charge is 2.38. The van der Waals surface area contributed by atoms with E-state index in [9.17, 15) is 0 Å². The van der Waals surface area contributed by atoms with E-state index in [2.05, 4.69) is 19.2 Å². The van der Waals surface area contributed by atoms with E-state index in [1.165, 1.54) is 32.2 Å². The van der Waals surface area contributed by atoms with Gasteiger partial charge in [-0.25, -0.2) is 0 Å². The van der Waals surface area contributed by atoms with Gasteiger partial charge in [-0.2, -0.15) is 0 Å². The van der Waals surface area contributed by atoms with Crippen molar-refractivity contribution in [2.24, 2.45) is 11.3 Å². The maximum atomic E-state index is 5.42. The van der Waals surface area contributed by atoms with E-state index in [4.69, 9.17) is 4.74 Å². The average molecular weight is 199 g/mol. The molecule has 0 aromatic carbocycles. The summed E-state index contributed by atoms with van der Waals surface area (Å²) < 4.78 is 5.42. The largest absolute Gasteiger partial charge is 0.384 e. The standard InChI is InChI=1S/C12H25NO/c1-4-6-11-9-13-8-7-12(11,5-2)10-14-3/h11,13H,4-10H2,1-3H3. The van der Waals surface area contributed by atoms with E-state index in [0.717, 1.165) is 19.1 Å². The van der Waals surface area contributed by atoms with Crippen molar-refractivity contribution in [2.75, 3.05) is 26.8 Å². The van der Waals surface area contributed by atoms with Crippen molar-refractivity contribution in [1.82, 2.24) is 5.32 Å². The van der Waals surface area contributed by atoms with Crippen molar-refractivity contribution in [3.63, 3.8) is 0 Å². The van der Waals surface area contributed by atoms with Crippen LogP contribution in [0.25, 0.3) is 0 Å². The van der Waals surface area contributed by atoms with Crippen molar-refractivity contribution in [2.45, 2.75) is 39.5 Å². The van der Waals surface area contributed by atoms with Crippen LogP contribution in [0.15, 0.2) is 0 Å². The number of nitrogens with one attached hydrogen (secondary N) is 1. The summed E-state index contributed by atoms with van der Waals surface area (Å²) in [6.07, 6.45) is 5.16. The van der Waals surface area contributed by atoms with Crippen LogP contribution in [0.1, 0.15) is 39.5 Å². The number of methoxy groups -OCH3 is 1. The third-order valence-corrected chi connectivity index (χ3v) is 3.83. The van der Waals surface area contributed by atoms with Crippen LogP contribution in [0.4, 0.5) is 0 Å². The van der Waals surface area contributed by atoms with Crippen LogP contribution in [-0.4, -0.2) is 26.8 Å². The molecular weight excluding hydrogens is 174 g/mol. The van der Waals surface area contributed by atoms with Crippen LogP contribution in [0.5, 0.6) is 0 Å². The molecular formula is C12H25NO. The molecule has 0 amide bonds. The number of piperidine rings is 1. The lowest BCUT2D eigenvalue weighted by atomic mass is 9.68. The highest BCUT2D eigenvalue weighted by Crippen LogP contribution is 2.39. The Morgan fingerprint density at radius 1 is 1.43 bits per heavy atom. The molecule has 2 heteroatoms. The van der Waals surface area contributed by atoms with Crippen molar-refractivity contribution in [3.8, 4) is 0 Å². The van der Waals surface area contributed by atoms with Gasteiger partial charge in [-0.15, -0.1) is 0 Å². The molecule has 1 aliphatic rings. The Labute approximate surface area is 88.4 Å². The van der Waals surface area contributed by atoms with Crippen LogP contribution in [-0.2, 0) is 4.74 Å². The van der Waals surface area contributed by atoms with Gasteiger partial charge in [-0.3, -0.25) is 0 Å². The van der Waals surface area contributed by atoms with E-state index < -0.39 is 0 Å². The summed E-state index contributed by atoms with van der Waals surface area (Å²) >= 11 is 0. The first-order chi connectivity index (χ1) is 6.79. The predicted octanol–water partition coefficient (Wildman–Crippen LogP) is 2.44. The third-order valence-electron chi connectivity index (χ3n) is 3.83. The maximum absolute atomic E-state index is 5.42. The van der Waals surface area contributed by atoms with Gasteiger partial charge >= 0.3 is 0 Å². The second-order valence-corrected chi connectivity index (χ2v) is 4.59. The number of ether oxygens (including phenoxy) is 1. The molecule has 84 valence electrons. The van der Waals surface area contributed by atoms with E-state index in [1.54, 1.807) is 0 Å². The van der Waals surface area contributed by atoms with Gasteiger partial charge in [0.15, 0.2) is 0 Å². The van der Waals surface area contributed by atoms with E-state index in [1.807, 2.05) is 7.11 Å². The Kier molecular flexibility index (Phi) is 4.90. The van der Waals surface area contributed by atoms with Crippen molar-refractivity contribution in [3.05, 3.63) is 0 Å². The molecule has 0 radical (unpaired) electrons. The van der Waals surface area contributed by atoms with E-state index in [0.29, 0.717) is 5.41 Å². The van der Waals surface area contributed by atoms with Crippen LogP contribution < -0.4 is 5.32 Å². The fourth-order valence-electron chi connectivity index (χ4n) is 2.84. The normalized spacial score (nSPS) is 33.2. The Balaban J connectivity index is 2.65. The summed E-state index contributed by atoms with van der Waals surface area (Å²) in [6.45, 7) is 7.88. The molecule has 0 bridgehead atoms. The molecule has 2 atom stereocenters. The Bertz CT molecular complexity index is 154. The summed E-state index contributed by atoms with van der Waals surface area (Å²) in [5.74, 6) is 0.811. The first-order valence-electron chi connectivity index (χ1n) is 5.98. The predicted molar refractivity (Wildman–Crippen MR) is 60.5 cm³/mol. The smallest absolute Gasteiger partial charge is 0.0522 e. The minimum atomic E-state index is 0.454. The molecule has 0 aromatic rings. The average Bonchev–Trinajstić information content (AvgIpc) is 2.22. The molecule has 0 aromatic heterocycles. The van der Waals surface area contributed by atoms with Gasteiger partial charge in [0.1, 0.15) is 0 Å². The van der Waals surface area contributed by atoms with Gasteiger partial charge in [0.05, 0.1) is 6.61 Å². The molecule has 1 rings (SSSR count). The molecule has 0 saturated carbocycles. The SMILES string of the molecule is CCCC1CNCCC1(CC)COC. The molecule has 1 N–H and O–H groups in total. The number of hydrogen-bond donors (Lipinski definition) is 1. The lowest BCUT2D eigenvalue weighted by Crippen LogP contribution is -2.47. The monoisotopic (exact) mass is 199 g/mol. The second kappa shape index (κ2) is 5.72. The summed E-state index contributed by atoms with van der Waals surface area (Å²) in [6, 6.07) is 0. The van der Waals surface area contributed by atoms with Crippen molar-refractivity contribution >= 4 is 0 Å². The van der Waals surface area contributed by atoms with Crippen molar-refractivity contribution in [1.29, 1.82) is 0 Å². The highest BCUT2D eigenvalue weighted by molar-refractivity contribution is 4.90. The minimum absolute atomic E-state index is 0.454. The second-order valence-electron chi connectivity index (χ2n) is 4.59. The molecule has 1 aliphatic heterocycles. The fraction of sp³-hybridized carbons (Fsp3) is 1.00. The van der Waals surface area contributed by atoms with Gasteiger partial charge in [0.25, 0.3) is 0 Å². The quantitative estimate of drug-likeness (QED) is 0.734. The maximum Gasteiger partial charge on any atom is 0.0522 e. The molecule has 0 spiro atoms. The summed E-state index contributed by atoms with van der Waals surface area (Å²) in [5, 5.41) is 3.51. The molecule has 1 fully saturated rings. The highest BCUT2D eigenvalue weighted by atomic mass is 16.5. The molecule has 1 saturated heterocycles. The summed E-state index contributed by atoms with van der Waals surface area (Å²) in [5.41, 5.74) is 0.454. The summed E-state index contributed by atoms with van der Waals surface area (Å²) in [7, 11) is 1.84. The van der Waals surface area contributed by atoms with E-state index in [-0.39, 0.29) is 0 Å². The lowest BCUT2D eigenvalue weighted by Gasteiger charge is -2.44. The van der Waals surface area contributed by atoms with Gasteiger partial charge < -0.3 is 10.1 Å². The van der Waals surface area contributed by atoms with Gasteiger partial charge in [0.2, 0.25) is 0 Å². The molecule has 2 unspecified atom stereocenters. The molecule has 1 heterocycles.